The first-order chi connectivity index (χ1) is 37.1. The molecule has 0 bridgehead atoms. The number of primary amides is 1. The maximum Gasteiger partial charge on any atom is 0.305 e. The number of aromatic nitrogens is 1. The molecule has 406 valence electrons. The number of aromatic amines is 1. The number of unbranched alkanes of at least 4 members (excludes halogenated alkanes) is 1. The minimum atomic E-state index is -1.97. The van der Waals surface area contributed by atoms with Crippen LogP contribution in [0, 0.1) is 0 Å². The molecule has 2 unspecified atom stereocenters. The highest BCUT2D eigenvalue weighted by Crippen LogP contribution is 2.26. The van der Waals surface area contributed by atoms with E-state index in [-0.39, 0.29) is 63.6 Å². The maximum atomic E-state index is 15.3. The third kappa shape index (κ3) is 14.7. The van der Waals surface area contributed by atoms with Crippen LogP contribution in [-0.4, -0.2) is 122 Å². The van der Waals surface area contributed by atoms with Gasteiger partial charge in [0, 0.05) is 50.0 Å². The number of nitrogens with zero attached hydrogens (tertiary/aromatic N) is 2. The molecular formula is C58H69N9O10. The van der Waals surface area contributed by atoms with Crippen LogP contribution in [0.25, 0.3) is 22.0 Å². The van der Waals surface area contributed by atoms with E-state index in [0.29, 0.717) is 31.2 Å². The number of benzene rings is 4. The van der Waals surface area contributed by atoms with Crippen molar-refractivity contribution in [3.63, 3.8) is 0 Å². The molecule has 0 spiro atoms. The van der Waals surface area contributed by atoms with Crippen LogP contribution in [0.3, 0.4) is 0 Å². The summed E-state index contributed by atoms with van der Waals surface area (Å²) in [5, 5.41) is 25.3. The second-order valence-corrected chi connectivity index (χ2v) is 19.8. The van der Waals surface area contributed by atoms with Gasteiger partial charge < -0.3 is 52.2 Å². The number of H-pyrrole nitrogens is 1. The molecule has 2 aliphatic rings. The molecule has 2 saturated heterocycles. The van der Waals surface area contributed by atoms with Gasteiger partial charge in [-0.3, -0.25) is 43.2 Å². The molecule has 3 heterocycles. The van der Waals surface area contributed by atoms with Crippen LogP contribution in [0.5, 0.6) is 0 Å². The van der Waals surface area contributed by atoms with Gasteiger partial charge in [0.05, 0.1) is 6.42 Å². The molecule has 19 nitrogen and oxygen atoms in total. The number of para-hydroxylation sites is 1. The Kier molecular flexibility index (Phi) is 19.7. The van der Waals surface area contributed by atoms with Crippen LogP contribution in [-0.2, 0) is 56.0 Å². The number of carboxylic acids is 1. The van der Waals surface area contributed by atoms with Gasteiger partial charge in [0.25, 0.3) is 0 Å². The average Bonchev–Trinajstić information content (AvgIpc) is 3.84. The Morgan fingerprint density at radius 2 is 1.39 bits per heavy atom. The zero-order valence-corrected chi connectivity index (χ0v) is 43.5. The minimum absolute atomic E-state index is 0.0250. The van der Waals surface area contributed by atoms with E-state index in [1.807, 2.05) is 85.8 Å². The molecule has 2 aliphatic heterocycles. The minimum Gasteiger partial charge on any atom is -0.481 e. The molecule has 19 heteroatoms. The van der Waals surface area contributed by atoms with E-state index >= 15 is 14.4 Å². The molecule has 7 atom stereocenters. The lowest BCUT2D eigenvalue weighted by atomic mass is 9.96. The monoisotopic (exact) mass is 1050 g/mol. The van der Waals surface area contributed by atoms with Crippen molar-refractivity contribution in [2.24, 2.45) is 5.73 Å². The maximum absolute atomic E-state index is 15.3. The number of hydrogen-bond donors (Lipinski definition) is 8. The standard InChI is InChI=1S/C58H69N9O10/c1-3-4-22-44(62-36(2)68)58(77)67-47(52(59)71)24-13-15-30-60-53(72)45(33-41-35-61-43-23-12-11-21-42(41)43)63-54(73)48-25-14-16-31-66(48)57(76)46(32-37-26-28-39(29-27-37)38-17-7-5-8-18-38)64-56(75)51(40-19-9-6-10-20-40)65-55(74)49(67)34-50(69)70/h5-12,17-21,23,26-29,35,44-49,51,61H,3-4,13-16,22,24-25,30-34H2,1-2H3,(H2,59,71)(H,60,72)(H,62,68)(H,63,73)(H,64,75)(H,65,74)(H,69,70)/t44-,45-,46+,47-,48?,49-,51?/m0/s1. The van der Waals surface area contributed by atoms with Gasteiger partial charge in [0.1, 0.15) is 42.3 Å². The Labute approximate surface area is 447 Å². The normalized spacial score (nSPS) is 21.8. The number of carbonyl (C=O) groups is 9. The molecule has 8 amide bonds. The molecule has 7 rings (SSSR count). The van der Waals surface area contributed by atoms with Gasteiger partial charge in [-0.25, -0.2) is 0 Å². The molecule has 1 aromatic heterocycles. The Hall–Kier alpha value is -8.35. The molecule has 4 aromatic carbocycles. The topological polar surface area (TPSA) is 282 Å². The molecule has 0 saturated carbocycles. The van der Waals surface area contributed by atoms with Crippen LogP contribution in [0.2, 0.25) is 0 Å². The number of carbonyl (C=O) groups excluding carboxylic acids is 8. The molecule has 77 heavy (non-hydrogen) atoms. The Morgan fingerprint density at radius 1 is 0.727 bits per heavy atom. The number of nitrogens with two attached hydrogens (primary N) is 1. The highest BCUT2D eigenvalue weighted by Gasteiger charge is 2.44. The van der Waals surface area contributed by atoms with Crippen molar-refractivity contribution in [3.8, 4) is 11.1 Å². The summed E-state index contributed by atoms with van der Waals surface area (Å²) in [4.78, 5) is 134. The van der Waals surface area contributed by atoms with E-state index in [4.69, 9.17) is 5.73 Å². The fourth-order valence-electron chi connectivity index (χ4n) is 10.3. The summed E-state index contributed by atoms with van der Waals surface area (Å²) in [6.07, 6.45) is 3.31. The van der Waals surface area contributed by atoms with E-state index < -0.39 is 102 Å². The van der Waals surface area contributed by atoms with Gasteiger partial charge in [-0.15, -0.1) is 0 Å². The smallest absolute Gasteiger partial charge is 0.305 e. The summed E-state index contributed by atoms with van der Waals surface area (Å²) in [6, 6.07) is 22.6. The lowest BCUT2D eigenvalue weighted by Gasteiger charge is -2.38. The van der Waals surface area contributed by atoms with E-state index in [1.54, 1.807) is 36.5 Å². The summed E-state index contributed by atoms with van der Waals surface area (Å²) in [5.74, 6) is -7.87. The van der Waals surface area contributed by atoms with Gasteiger partial charge in [-0.1, -0.05) is 123 Å². The van der Waals surface area contributed by atoms with Crippen molar-refractivity contribution in [1.29, 1.82) is 0 Å². The van der Waals surface area contributed by atoms with Gasteiger partial charge in [0.2, 0.25) is 47.3 Å². The molecular weight excluding hydrogens is 983 g/mol. The number of nitrogens with one attached hydrogen (secondary N) is 6. The number of piperidine rings is 1. The Bertz CT molecular complexity index is 2900. The third-order valence-corrected chi connectivity index (χ3v) is 14.3. The number of fused-ring (bicyclic) bond motifs is 2. The summed E-state index contributed by atoms with van der Waals surface area (Å²) in [7, 11) is 0. The first kappa shape index (κ1) is 56.4. The zero-order chi connectivity index (χ0) is 55.0. The second-order valence-electron chi connectivity index (χ2n) is 19.8. The average molecular weight is 1050 g/mol. The number of carboxylic acid groups (broad SMARTS) is 1. The van der Waals surface area contributed by atoms with Crippen molar-refractivity contribution >= 4 is 64.1 Å². The first-order valence-corrected chi connectivity index (χ1v) is 26.5. The number of rotatable bonds is 14. The van der Waals surface area contributed by atoms with Crippen LogP contribution in [0.15, 0.2) is 115 Å². The zero-order valence-electron chi connectivity index (χ0n) is 43.5. The van der Waals surface area contributed by atoms with Crippen molar-refractivity contribution in [3.05, 3.63) is 132 Å². The van der Waals surface area contributed by atoms with Gasteiger partial charge >= 0.3 is 5.97 Å². The van der Waals surface area contributed by atoms with Crippen molar-refractivity contribution in [2.75, 3.05) is 13.1 Å². The van der Waals surface area contributed by atoms with Gasteiger partial charge in [0.15, 0.2) is 0 Å². The predicted octanol–water partition coefficient (Wildman–Crippen LogP) is 4.35. The molecule has 0 radical (unpaired) electrons. The van der Waals surface area contributed by atoms with Crippen LogP contribution < -0.4 is 32.3 Å². The SMILES string of the molecule is CCCC[C@H](NC(C)=O)C(=O)N1[C@H](C(N)=O)CCCCNC(=O)[C@H](Cc2c[nH]c3ccccc23)NC(=O)C2CCCCN2C(=O)[C@@H](Cc2ccc(-c3ccccc3)cc2)NC(=O)C(c2ccccc2)NC(=O)[C@@H]1CC(=O)O. The lowest BCUT2D eigenvalue weighted by Crippen LogP contribution is -2.63. The lowest BCUT2D eigenvalue weighted by molar-refractivity contribution is -0.154. The summed E-state index contributed by atoms with van der Waals surface area (Å²) >= 11 is 0. The molecule has 2 fully saturated rings. The largest absolute Gasteiger partial charge is 0.481 e. The van der Waals surface area contributed by atoms with Crippen LogP contribution >= 0.6 is 0 Å². The summed E-state index contributed by atoms with van der Waals surface area (Å²) < 4.78 is 0. The highest BCUT2D eigenvalue weighted by molar-refractivity contribution is 6.00. The number of aliphatic carboxylic acids is 1. The Balaban J connectivity index is 1.33. The summed E-state index contributed by atoms with van der Waals surface area (Å²) in [5.41, 5.74) is 10.4. The van der Waals surface area contributed by atoms with E-state index in [1.165, 1.54) is 11.8 Å². The quantitative estimate of drug-likeness (QED) is 0.0779. The van der Waals surface area contributed by atoms with Crippen LogP contribution in [0.4, 0.5) is 0 Å². The van der Waals surface area contributed by atoms with Gasteiger partial charge in [-0.05, 0) is 78.8 Å². The van der Waals surface area contributed by atoms with Crippen molar-refractivity contribution in [2.45, 2.75) is 133 Å². The number of amides is 8. The predicted molar refractivity (Wildman–Crippen MR) is 288 cm³/mol. The van der Waals surface area contributed by atoms with E-state index in [9.17, 15) is 33.9 Å². The van der Waals surface area contributed by atoms with E-state index in [0.717, 1.165) is 32.5 Å². The highest BCUT2D eigenvalue weighted by atomic mass is 16.4. The van der Waals surface area contributed by atoms with Gasteiger partial charge in [-0.2, -0.15) is 0 Å². The molecule has 5 aromatic rings. The first-order valence-electron chi connectivity index (χ1n) is 26.5. The molecule has 0 aliphatic carbocycles. The second kappa shape index (κ2) is 26.9. The van der Waals surface area contributed by atoms with Crippen molar-refractivity contribution in [1.82, 2.24) is 41.4 Å². The van der Waals surface area contributed by atoms with Crippen LogP contribution in [0.1, 0.15) is 101 Å². The summed E-state index contributed by atoms with van der Waals surface area (Å²) in [6.45, 7) is 3.23. The Morgan fingerprint density at radius 3 is 2.08 bits per heavy atom. The molecule has 9 N–H and O–H groups in total. The fraction of sp³-hybridized carbons (Fsp3) is 0.397. The third-order valence-electron chi connectivity index (χ3n) is 14.3. The fourth-order valence-corrected chi connectivity index (χ4v) is 10.3. The van der Waals surface area contributed by atoms with E-state index in [2.05, 4.69) is 31.6 Å². The van der Waals surface area contributed by atoms with Crippen molar-refractivity contribution < 1.29 is 48.3 Å². The number of hydrogen-bond acceptors (Lipinski definition) is 9.